The van der Waals surface area contributed by atoms with Gasteiger partial charge in [0.05, 0.1) is 0 Å². The van der Waals surface area contributed by atoms with Crippen LogP contribution in [0.2, 0.25) is 0 Å². The van der Waals surface area contributed by atoms with E-state index in [4.69, 9.17) is 4.74 Å². The van der Waals surface area contributed by atoms with E-state index in [1.807, 2.05) is 32.0 Å². The minimum Gasteiger partial charge on any atom is -0.458 e. The van der Waals surface area contributed by atoms with Gasteiger partial charge in [-0.05, 0) is 53.0 Å². The standard InChI is InChI=1S/C23H35N3O4/c1-6-25(7-2)22(29)26-15-13-18(14-16-26)20(27)24-19(17-11-9-8-10-12-17)21(28)30-23(3,4)5/h8-12,18-19H,6-7,13-16H2,1-5H3,(H,24,27)/t19-/m1/s1. The molecule has 0 spiro atoms. The number of esters is 1. The third kappa shape index (κ3) is 6.47. The summed E-state index contributed by atoms with van der Waals surface area (Å²) in [6.07, 6.45) is 1.16. The number of ether oxygens (including phenoxy) is 1. The maximum absolute atomic E-state index is 12.9. The molecule has 0 bridgehead atoms. The highest BCUT2D eigenvalue weighted by atomic mass is 16.6. The molecule has 0 aromatic heterocycles. The number of hydrogen-bond acceptors (Lipinski definition) is 4. The molecule has 0 unspecified atom stereocenters. The van der Waals surface area contributed by atoms with Crippen molar-refractivity contribution in [1.82, 2.24) is 15.1 Å². The fourth-order valence-electron chi connectivity index (χ4n) is 3.57. The lowest BCUT2D eigenvalue weighted by atomic mass is 9.95. The molecule has 30 heavy (non-hydrogen) atoms. The van der Waals surface area contributed by atoms with Crippen molar-refractivity contribution in [1.29, 1.82) is 0 Å². The molecule has 166 valence electrons. The van der Waals surface area contributed by atoms with Crippen molar-refractivity contribution in [3.05, 3.63) is 35.9 Å². The maximum Gasteiger partial charge on any atom is 0.333 e. The topological polar surface area (TPSA) is 79.0 Å². The van der Waals surface area contributed by atoms with E-state index >= 15 is 0 Å². The van der Waals surface area contributed by atoms with E-state index in [0.717, 1.165) is 0 Å². The summed E-state index contributed by atoms with van der Waals surface area (Å²) >= 11 is 0. The number of benzene rings is 1. The molecule has 0 saturated carbocycles. The highest BCUT2D eigenvalue weighted by Crippen LogP contribution is 2.23. The van der Waals surface area contributed by atoms with Crippen LogP contribution in [0.15, 0.2) is 30.3 Å². The van der Waals surface area contributed by atoms with E-state index in [1.54, 1.807) is 42.7 Å². The Hall–Kier alpha value is -2.57. The van der Waals surface area contributed by atoms with Gasteiger partial charge in [-0.2, -0.15) is 0 Å². The Bertz CT molecular complexity index is 718. The van der Waals surface area contributed by atoms with Gasteiger partial charge in [-0.25, -0.2) is 9.59 Å². The van der Waals surface area contributed by atoms with Gasteiger partial charge in [0.15, 0.2) is 6.04 Å². The van der Waals surface area contributed by atoms with Crippen LogP contribution in [-0.2, 0) is 14.3 Å². The normalized spacial score (nSPS) is 16.0. The highest BCUT2D eigenvalue weighted by Gasteiger charge is 2.33. The minimum absolute atomic E-state index is 0.0229. The van der Waals surface area contributed by atoms with E-state index in [2.05, 4.69) is 5.32 Å². The van der Waals surface area contributed by atoms with E-state index in [1.165, 1.54) is 0 Å². The first-order valence-electron chi connectivity index (χ1n) is 10.8. The van der Waals surface area contributed by atoms with Crippen LogP contribution in [0.1, 0.15) is 59.1 Å². The average molecular weight is 418 g/mol. The molecule has 1 N–H and O–H groups in total. The number of hydrogen-bond donors (Lipinski definition) is 1. The Morgan fingerprint density at radius 3 is 2.17 bits per heavy atom. The zero-order valence-corrected chi connectivity index (χ0v) is 18.8. The van der Waals surface area contributed by atoms with E-state index in [0.29, 0.717) is 44.6 Å². The summed E-state index contributed by atoms with van der Waals surface area (Å²) in [6.45, 7) is 11.7. The van der Waals surface area contributed by atoms with Gasteiger partial charge < -0.3 is 19.9 Å². The van der Waals surface area contributed by atoms with Crippen molar-refractivity contribution in [3.63, 3.8) is 0 Å². The molecular weight excluding hydrogens is 382 g/mol. The molecule has 1 saturated heterocycles. The van der Waals surface area contributed by atoms with Gasteiger partial charge in [-0.1, -0.05) is 30.3 Å². The first kappa shape index (κ1) is 23.7. The van der Waals surface area contributed by atoms with Crippen LogP contribution in [0.25, 0.3) is 0 Å². The molecule has 1 aliphatic rings. The largest absolute Gasteiger partial charge is 0.458 e. The summed E-state index contributed by atoms with van der Waals surface area (Å²) in [6, 6.07) is 8.30. The van der Waals surface area contributed by atoms with Gasteiger partial charge in [0, 0.05) is 32.1 Å². The van der Waals surface area contributed by atoms with Gasteiger partial charge in [0.25, 0.3) is 0 Å². The fourth-order valence-corrected chi connectivity index (χ4v) is 3.57. The van der Waals surface area contributed by atoms with Crippen LogP contribution in [0.5, 0.6) is 0 Å². The Morgan fingerprint density at radius 2 is 1.67 bits per heavy atom. The zero-order chi connectivity index (χ0) is 22.3. The Balaban J connectivity index is 2.03. The number of rotatable bonds is 6. The number of amides is 3. The molecule has 1 heterocycles. The number of piperidine rings is 1. The molecule has 1 aromatic carbocycles. The summed E-state index contributed by atoms with van der Waals surface area (Å²) in [4.78, 5) is 41.8. The second-order valence-electron chi connectivity index (χ2n) is 8.60. The lowest BCUT2D eigenvalue weighted by molar-refractivity contribution is -0.159. The van der Waals surface area contributed by atoms with Crippen LogP contribution < -0.4 is 5.32 Å². The van der Waals surface area contributed by atoms with Crippen molar-refractivity contribution in [3.8, 4) is 0 Å². The Morgan fingerprint density at radius 1 is 1.10 bits per heavy atom. The predicted octanol–water partition coefficient (Wildman–Crippen LogP) is 3.36. The lowest BCUT2D eigenvalue weighted by Gasteiger charge is -2.35. The first-order valence-corrected chi connectivity index (χ1v) is 10.8. The second-order valence-corrected chi connectivity index (χ2v) is 8.60. The number of carbonyl (C=O) groups excluding carboxylic acids is 3. The molecule has 1 fully saturated rings. The molecule has 7 nitrogen and oxygen atoms in total. The van der Waals surface area contributed by atoms with E-state index < -0.39 is 17.6 Å². The SMILES string of the molecule is CCN(CC)C(=O)N1CCC(C(=O)N[C@@H](C(=O)OC(C)(C)C)c2ccccc2)CC1. The predicted molar refractivity (Wildman–Crippen MR) is 116 cm³/mol. The quantitative estimate of drug-likeness (QED) is 0.720. The van der Waals surface area contributed by atoms with E-state index in [-0.39, 0.29) is 17.9 Å². The first-order chi connectivity index (χ1) is 14.2. The molecular formula is C23H35N3O4. The van der Waals surface area contributed by atoms with Crippen molar-refractivity contribution in [2.45, 2.75) is 59.1 Å². The van der Waals surface area contributed by atoms with Crippen molar-refractivity contribution in [2.24, 2.45) is 5.92 Å². The highest BCUT2D eigenvalue weighted by molar-refractivity contribution is 5.87. The third-order valence-electron chi connectivity index (χ3n) is 5.23. The number of nitrogens with zero attached hydrogens (tertiary/aromatic N) is 2. The van der Waals surface area contributed by atoms with Crippen LogP contribution in [0, 0.1) is 5.92 Å². The van der Waals surface area contributed by atoms with Crippen molar-refractivity contribution in [2.75, 3.05) is 26.2 Å². The molecule has 3 amide bonds. The van der Waals surface area contributed by atoms with Crippen LogP contribution >= 0.6 is 0 Å². The number of nitrogens with one attached hydrogen (secondary N) is 1. The third-order valence-corrected chi connectivity index (χ3v) is 5.23. The fraction of sp³-hybridized carbons (Fsp3) is 0.609. The molecule has 2 rings (SSSR count). The molecule has 0 radical (unpaired) electrons. The van der Waals surface area contributed by atoms with Crippen LogP contribution in [0.4, 0.5) is 4.79 Å². The Labute approximate surface area is 179 Å². The summed E-state index contributed by atoms with van der Waals surface area (Å²) < 4.78 is 5.53. The second kappa shape index (κ2) is 10.5. The van der Waals surface area contributed by atoms with Gasteiger partial charge >= 0.3 is 12.0 Å². The maximum atomic E-state index is 12.9. The van der Waals surface area contributed by atoms with Crippen LogP contribution in [0.3, 0.4) is 0 Å². The molecule has 7 heteroatoms. The molecule has 1 aliphatic heterocycles. The number of carbonyl (C=O) groups is 3. The lowest BCUT2D eigenvalue weighted by Crippen LogP contribution is -2.49. The Kier molecular flexibility index (Phi) is 8.26. The molecule has 1 aromatic rings. The minimum atomic E-state index is -0.853. The summed E-state index contributed by atoms with van der Waals surface area (Å²) in [5.74, 6) is -0.889. The zero-order valence-electron chi connectivity index (χ0n) is 18.8. The van der Waals surface area contributed by atoms with Crippen molar-refractivity contribution >= 4 is 17.9 Å². The smallest absolute Gasteiger partial charge is 0.333 e. The van der Waals surface area contributed by atoms with Crippen LogP contribution in [-0.4, -0.2) is 59.5 Å². The molecule has 0 aliphatic carbocycles. The number of likely N-dealkylation sites (tertiary alicyclic amines) is 1. The van der Waals surface area contributed by atoms with Gasteiger partial charge in [-0.3, -0.25) is 4.79 Å². The van der Waals surface area contributed by atoms with Gasteiger partial charge in [0.2, 0.25) is 5.91 Å². The monoisotopic (exact) mass is 417 g/mol. The molecule has 1 atom stereocenters. The van der Waals surface area contributed by atoms with Gasteiger partial charge in [-0.15, -0.1) is 0 Å². The summed E-state index contributed by atoms with van der Waals surface area (Å²) in [5.41, 5.74) is 0.0413. The van der Waals surface area contributed by atoms with E-state index in [9.17, 15) is 14.4 Å². The van der Waals surface area contributed by atoms with Crippen molar-refractivity contribution < 1.29 is 19.1 Å². The average Bonchev–Trinajstić information content (AvgIpc) is 2.72. The van der Waals surface area contributed by atoms with Gasteiger partial charge in [0.1, 0.15) is 5.60 Å². The summed E-state index contributed by atoms with van der Waals surface area (Å²) in [5, 5.41) is 2.89. The number of urea groups is 1. The summed E-state index contributed by atoms with van der Waals surface area (Å²) in [7, 11) is 0.